The van der Waals surface area contributed by atoms with Crippen LogP contribution in [0.4, 0.5) is 10.1 Å². The van der Waals surface area contributed by atoms with Crippen molar-refractivity contribution in [1.29, 1.82) is 0 Å². The highest BCUT2D eigenvalue weighted by Crippen LogP contribution is 2.19. The van der Waals surface area contributed by atoms with Crippen LogP contribution < -0.4 is 4.90 Å². The highest BCUT2D eigenvalue weighted by atomic mass is 127. The molecule has 1 amide bonds. The normalized spacial score (nSPS) is 15.4. The molecule has 1 heterocycles. The number of anilines is 1. The SMILES string of the molecule is O=C(c1cc(F)ccc1I)N1CCCN(c2ccccc2)CC1. The monoisotopic (exact) mass is 424 g/mol. The van der Waals surface area contributed by atoms with E-state index in [1.807, 2.05) is 23.1 Å². The standard InChI is InChI=1S/C18H18FIN2O/c19-14-7-8-17(20)16(13-14)18(23)22-10-4-9-21(11-12-22)15-5-2-1-3-6-15/h1-3,5-8,13H,4,9-12H2. The highest BCUT2D eigenvalue weighted by molar-refractivity contribution is 14.1. The number of hydrogen-bond acceptors (Lipinski definition) is 2. The second-order valence-electron chi connectivity index (χ2n) is 5.59. The van der Waals surface area contributed by atoms with Gasteiger partial charge in [-0.1, -0.05) is 18.2 Å². The zero-order chi connectivity index (χ0) is 16.2. The second kappa shape index (κ2) is 7.29. The maximum absolute atomic E-state index is 13.5. The van der Waals surface area contributed by atoms with Crippen molar-refractivity contribution >= 4 is 34.2 Å². The third-order valence-corrected chi connectivity index (χ3v) is 5.00. The Hall–Kier alpha value is -1.63. The van der Waals surface area contributed by atoms with Gasteiger partial charge >= 0.3 is 0 Å². The molecular formula is C18H18FIN2O. The van der Waals surface area contributed by atoms with Gasteiger partial charge < -0.3 is 9.80 Å². The van der Waals surface area contributed by atoms with E-state index in [1.165, 1.54) is 17.8 Å². The molecule has 5 heteroatoms. The zero-order valence-electron chi connectivity index (χ0n) is 12.7. The van der Waals surface area contributed by atoms with E-state index >= 15 is 0 Å². The number of amides is 1. The van der Waals surface area contributed by atoms with Gasteiger partial charge in [0.05, 0.1) is 5.56 Å². The molecule has 1 aliphatic heterocycles. The Morgan fingerprint density at radius 3 is 2.57 bits per heavy atom. The number of para-hydroxylation sites is 1. The van der Waals surface area contributed by atoms with Crippen LogP contribution in [0.1, 0.15) is 16.8 Å². The summed E-state index contributed by atoms with van der Waals surface area (Å²) in [5.74, 6) is -0.446. The van der Waals surface area contributed by atoms with Crippen LogP contribution in [0, 0.1) is 9.39 Å². The summed E-state index contributed by atoms with van der Waals surface area (Å²) >= 11 is 2.09. The van der Waals surface area contributed by atoms with Crippen LogP contribution in [0.3, 0.4) is 0 Å². The van der Waals surface area contributed by atoms with E-state index < -0.39 is 0 Å². The number of halogens is 2. The van der Waals surface area contributed by atoms with Crippen LogP contribution in [-0.2, 0) is 0 Å². The van der Waals surface area contributed by atoms with E-state index in [-0.39, 0.29) is 11.7 Å². The first-order chi connectivity index (χ1) is 11.1. The summed E-state index contributed by atoms with van der Waals surface area (Å²) in [4.78, 5) is 16.8. The van der Waals surface area contributed by atoms with E-state index in [4.69, 9.17) is 0 Å². The van der Waals surface area contributed by atoms with Crippen molar-refractivity contribution < 1.29 is 9.18 Å². The number of benzene rings is 2. The van der Waals surface area contributed by atoms with Gasteiger partial charge in [0, 0.05) is 35.4 Å². The fourth-order valence-corrected chi connectivity index (χ4v) is 3.42. The minimum atomic E-state index is -0.366. The Bertz CT molecular complexity index is 693. The van der Waals surface area contributed by atoms with Crippen molar-refractivity contribution in [2.45, 2.75) is 6.42 Å². The Kier molecular flexibility index (Phi) is 5.15. The van der Waals surface area contributed by atoms with Crippen LogP contribution in [0.15, 0.2) is 48.5 Å². The first kappa shape index (κ1) is 16.2. The molecule has 0 aliphatic carbocycles. The Balaban J connectivity index is 1.73. The molecule has 120 valence electrons. The summed E-state index contributed by atoms with van der Waals surface area (Å²) in [5, 5.41) is 0. The minimum absolute atomic E-state index is 0.0798. The number of carbonyl (C=O) groups excluding carboxylic acids is 1. The fourth-order valence-electron chi connectivity index (χ4n) is 2.85. The smallest absolute Gasteiger partial charge is 0.255 e. The molecule has 0 radical (unpaired) electrons. The molecule has 0 bridgehead atoms. The van der Waals surface area contributed by atoms with Gasteiger partial charge in [-0.2, -0.15) is 0 Å². The van der Waals surface area contributed by atoms with Crippen molar-refractivity contribution in [3.63, 3.8) is 0 Å². The maximum Gasteiger partial charge on any atom is 0.255 e. The molecule has 0 N–H and O–H groups in total. The topological polar surface area (TPSA) is 23.6 Å². The Labute approximate surface area is 149 Å². The van der Waals surface area contributed by atoms with Gasteiger partial charge in [-0.05, 0) is 59.3 Å². The highest BCUT2D eigenvalue weighted by Gasteiger charge is 2.22. The van der Waals surface area contributed by atoms with Gasteiger partial charge in [0.15, 0.2) is 0 Å². The zero-order valence-corrected chi connectivity index (χ0v) is 14.9. The van der Waals surface area contributed by atoms with Gasteiger partial charge in [-0.15, -0.1) is 0 Å². The van der Waals surface area contributed by atoms with Crippen LogP contribution in [0.25, 0.3) is 0 Å². The van der Waals surface area contributed by atoms with Crippen LogP contribution in [0.5, 0.6) is 0 Å². The van der Waals surface area contributed by atoms with Crippen molar-refractivity contribution in [3.05, 3.63) is 63.5 Å². The van der Waals surface area contributed by atoms with E-state index in [0.29, 0.717) is 18.7 Å². The molecule has 1 aliphatic rings. The van der Waals surface area contributed by atoms with Crippen LogP contribution in [-0.4, -0.2) is 37.0 Å². The van der Waals surface area contributed by atoms with Crippen molar-refractivity contribution in [3.8, 4) is 0 Å². The average Bonchev–Trinajstić information content (AvgIpc) is 2.83. The summed E-state index contributed by atoms with van der Waals surface area (Å²) in [6.07, 6.45) is 0.909. The molecule has 0 saturated carbocycles. The molecule has 0 atom stereocenters. The summed E-state index contributed by atoms with van der Waals surface area (Å²) in [6.45, 7) is 3.07. The fraction of sp³-hybridized carbons (Fsp3) is 0.278. The second-order valence-corrected chi connectivity index (χ2v) is 6.75. The van der Waals surface area contributed by atoms with Gasteiger partial charge in [-0.25, -0.2) is 4.39 Å². The van der Waals surface area contributed by atoms with E-state index in [9.17, 15) is 9.18 Å². The summed E-state index contributed by atoms with van der Waals surface area (Å²) in [6, 6.07) is 14.6. The molecule has 1 saturated heterocycles. The lowest BCUT2D eigenvalue weighted by atomic mass is 10.2. The van der Waals surface area contributed by atoms with Crippen molar-refractivity contribution in [2.75, 3.05) is 31.1 Å². The van der Waals surface area contributed by atoms with Gasteiger partial charge in [0.2, 0.25) is 0 Å². The molecule has 2 aromatic rings. The molecule has 3 nitrogen and oxygen atoms in total. The van der Waals surface area contributed by atoms with Crippen molar-refractivity contribution in [2.24, 2.45) is 0 Å². The molecule has 3 rings (SSSR count). The lowest BCUT2D eigenvalue weighted by Crippen LogP contribution is -2.35. The first-order valence-corrected chi connectivity index (χ1v) is 8.77. The average molecular weight is 424 g/mol. The third kappa shape index (κ3) is 3.83. The summed E-state index contributed by atoms with van der Waals surface area (Å²) < 4.78 is 14.2. The van der Waals surface area contributed by atoms with Crippen molar-refractivity contribution in [1.82, 2.24) is 4.90 Å². The molecule has 0 aromatic heterocycles. The minimum Gasteiger partial charge on any atom is -0.370 e. The first-order valence-electron chi connectivity index (χ1n) is 7.69. The van der Waals surface area contributed by atoms with Crippen LogP contribution in [0.2, 0.25) is 0 Å². The third-order valence-electron chi connectivity index (χ3n) is 4.06. The van der Waals surface area contributed by atoms with Gasteiger partial charge in [0.1, 0.15) is 5.82 Å². The Morgan fingerprint density at radius 2 is 1.78 bits per heavy atom. The number of hydrogen-bond donors (Lipinski definition) is 0. The molecule has 23 heavy (non-hydrogen) atoms. The quantitative estimate of drug-likeness (QED) is 0.686. The number of rotatable bonds is 2. The molecule has 0 unspecified atom stereocenters. The molecule has 1 fully saturated rings. The van der Waals surface area contributed by atoms with E-state index in [1.54, 1.807) is 6.07 Å². The van der Waals surface area contributed by atoms with E-state index in [2.05, 4.69) is 39.6 Å². The van der Waals surface area contributed by atoms with E-state index in [0.717, 1.165) is 23.1 Å². The predicted molar refractivity (Wildman–Crippen MR) is 98.3 cm³/mol. The maximum atomic E-state index is 13.5. The summed E-state index contributed by atoms with van der Waals surface area (Å²) in [7, 11) is 0. The summed E-state index contributed by atoms with van der Waals surface area (Å²) in [5.41, 5.74) is 1.64. The van der Waals surface area contributed by atoms with Crippen LogP contribution >= 0.6 is 22.6 Å². The largest absolute Gasteiger partial charge is 0.370 e. The number of nitrogens with zero attached hydrogens (tertiary/aromatic N) is 2. The Morgan fingerprint density at radius 1 is 1.00 bits per heavy atom. The number of carbonyl (C=O) groups is 1. The lowest BCUT2D eigenvalue weighted by molar-refractivity contribution is 0.0765. The molecular weight excluding hydrogens is 406 g/mol. The molecule has 2 aromatic carbocycles. The molecule has 0 spiro atoms. The van der Waals surface area contributed by atoms with Gasteiger partial charge in [0.25, 0.3) is 5.91 Å². The lowest BCUT2D eigenvalue weighted by Gasteiger charge is -2.24. The predicted octanol–water partition coefficient (Wildman–Crippen LogP) is 3.78. The van der Waals surface area contributed by atoms with Gasteiger partial charge in [-0.3, -0.25) is 4.79 Å².